The van der Waals surface area contributed by atoms with Gasteiger partial charge in [0.25, 0.3) is 0 Å². The van der Waals surface area contributed by atoms with Gasteiger partial charge in [-0.05, 0) is 54.8 Å². The predicted molar refractivity (Wildman–Crippen MR) is 132 cm³/mol. The second-order valence-electron chi connectivity index (χ2n) is 8.95. The monoisotopic (exact) mass is 472 g/mol. The number of rotatable bonds is 10. The molecule has 0 fully saturated rings. The first-order valence-corrected chi connectivity index (χ1v) is 12.5. The van der Waals surface area contributed by atoms with Crippen molar-refractivity contribution in [1.29, 1.82) is 0 Å². The smallest absolute Gasteiger partial charge is 0.249 e. The minimum atomic E-state index is -0.170. The third kappa shape index (κ3) is 6.36. The van der Waals surface area contributed by atoms with Gasteiger partial charge in [0.1, 0.15) is 19.0 Å². The van der Waals surface area contributed by atoms with Crippen molar-refractivity contribution >= 4 is 23.2 Å². The first kappa shape index (κ1) is 25.2. The normalized spacial score (nSPS) is 16.3. The molecule has 0 spiro atoms. The highest BCUT2D eigenvalue weighted by molar-refractivity contribution is 7.10. The molecule has 33 heavy (non-hydrogen) atoms. The maximum absolute atomic E-state index is 13.5. The molecule has 7 heteroatoms. The molecule has 0 unspecified atom stereocenters. The second-order valence-corrected chi connectivity index (χ2v) is 9.95. The van der Waals surface area contributed by atoms with Crippen LogP contribution in [0.15, 0.2) is 29.6 Å². The Morgan fingerprint density at radius 2 is 2.06 bits per heavy atom. The lowest BCUT2D eigenvalue weighted by molar-refractivity contribution is -0.145. The molecule has 1 aliphatic heterocycles. The molecule has 1 aliphatic rings. The van der Waals surface area contributed by atoms with Crippen LogP contribution < -0.4 is 4.74 Å². The summed E-state index contributed by atoms with van der Waals surface area (Å²) in [5, 5.41) is 2.08. The zero-order valence-corrected chi connectivity index (χ0v) is 21.2. The summed E-state index contributed by atoms with van der Waals surface area (Å²) in [5.41, 5.74) is 3.43. The van der Waals surface area contributed by atoms with Crippen LogP contribution in [0.4, 0.5) is 0 Å². The van der Waals surface area contributed by atoms with Crippen LogP contribution in [0.2, 0.25) is 0 Å². The van der Waals surface area contributed by atoms with Crippen molar-refractivity contribution in [3.63, 3.8) is 0 Å². The number of methoxy groups -OCH3 is 1. The molecule has 0 bridgehead atoms. The molecule has 0 saturated heterocycles. The van der Waals surface area contributed by atoms with E-state index in [0.717, 1.165) is 29.7 Å². The first-order chi connectivity index (χ1) is 15.8. The second kappa shape index (κ2) is 11.7. The van der Waals surface area contributed by atoms with E-state index in [1.807, 2.05) is 24.0 Å². The van der Waals surface area contributed by atoms with E-state index in [9.17, 15) is 9.59 Å². The van der Waals surface area contributed by atoms with Gasteiger partial charge in [0.2, 0.25) is 11.8 Å². The average molecular weight is 473 g/mol. The number of hydrogen-bond acceptors (Lipinski definition) is 5. The van der Waals surface area contributed by atoms with Gasteiger partial charge in [-0.3, -0.25) is 9.59 Å². The van der Waals surface area contributed by atoms with Crippen molar-refractivity contribution in [1.82, 2.24) is 9.80 Å². The SMILES string of the molecule is CC[C@@H](C)CN(CC(=O)N1CCc2sccc2[C@H]1COc1ccc(C)cc1C)C(=O)COC. The molecule has 0 aliphatic carbocycles. The van der Waals surface area contributed by atoms with Crippen LogP contribution in [-0.2, 0) is 20.7 Å². The van der Waals surface area contributed by atoms with Crippen LogP contribution in [0.1, 0.15) is 47.9 Å². The zero-order chi connectivity index (χ0) is 24.0. The molecule has 0 N–H and O–H groups in total. The first-order valence-electron chi connectivity index (χ1n) is 11.7. The molecular weight excluding hydrogens is 436 g/mol. The number of carbonyl (C=O) groups is 2. The van der Waals surface area contributed by atoms with E-state index >= 15 is 0 Å². The van der Waals surface area contributed by atoms with Crippen LogP contribution in [0, 0.1) is 19.8 Å². The van der Waals surface area contributed by atoms with E-state index in [2.05, 4.69) is 38.3 Å². The van der Waals surface area contributed by atoms with Gasteiger partial charge < -0.3 is 19.3 Å². The number of benzene rings is 1. The molecule has 1 aromatic carbocycles. The number of amides is 2. The van der Waals surface area contributed by atoms with Gasteiger partial charge in [-0.25, -0.2) is 0 Å². The number of fused-ring (bicyclic) bond motifs is 1. The lowest BCUT2D eigenvalue weighted by atomic mass is 10.00. The Hall–Kier alpha value is -2.38. The maximum atomic E-state index is 13.5. The standard InChI is InChI=1S/C26H36N2O4S/c1-6-18(2)14-27(26(30)17-31-5)15-25(29)28-11-9-24-21(10-12-33-24)22(28)16-32-23-8-7-19(3)13-20(23)4/h7-8,10,12-13,18,22H,6,9,11,14-17H2,1-5H3/t18-,22-/m1/s1. The lowest BCUT2D eigenvalue weighted by Crippen LogP contribution is -2.49. The van der Waals surface area contributed by atoms with Crippen LogP contribution in [0.25, 0.3) is 0 Å². The number of aryl methyl sites for hydroxylation is 2. The number of hydrogen-bond donors (Lipinski definition) is 0. The van der Waals surface area contributed by atoms with Gasteiger partial charge in [-0.1, -0.05) is 38.0 Å². The fraction of sp³-hybridized carbons (Fsp3) is 0.538. The highest BCUT2D eigenvalue weighted by Crippen LogP contribution is 2.34. The summed E-state index contributed by atoms with van der Waals surface area (Å²) < 4.78 is 11.3. The van der Waals surface area contributed by atoms with Gasteiger partial charge in [0, 0.05) is 25.1 Å². The van der Waals surface area contributed by atoms with Crippen LogP contribution >= 0.6 is 11.3 Å². The Morgan fingerprint density at radius 3 is 2.76 bits per heavy atom. The number of thiophene rings is 1. The van der Waals surface area contributed by atoms with E-state index < -0.39 is 0 Å². The highest BCUT2D eigenvalue weighted by atomic mass is 32.1. The fourth-order valence-corrected chi connectivity index (χ4v) is 5.16. The van der Waals surface area contributed by atoms with Crippen LogP contribution in [0.5, 0.6) is 5.75 Å². The lowest BCUT2D eigenvalue weighted by Gasteiger charge is -2.37. The van der Waals surface area contributed by atoms with Gasteiger partial charge in [0.15, 0.2) is 0 Å². The van der Waals surface area contributed by atoms with Gasteiger partial charge in [-0.2, -0.15) is 0 Å². The van der Waals surface area contributed by atoms with Crippen molar-refractivity contribution in [2.75, 3.05) is 40.0 Å². The largest absolute Gasteiger partial charge is 0.491 e. The van der Waals surface area contributed by atoms with E-state index in [0.29, 0.717) is 25.6 Å². The fourth-order valence-electron chi connectivity index (χ4n) is 4.23. The number of carbonyl (C=O) groups excluding carboxylic acids is 2. The Balaban J connectivity index is 1.78. The van der Waals surface area contributed by atoms with Crippen LogP contribution in [0.3, 0.4) is 0 Å². The van der Waals surface area contributed by atoms with Crippen molar-refractivity contribution in [3.05, 3.63) is 51.2 Å². The van der Waals surface area contributed by atoms with Crippen molar-refractivity contribution < 1.29 is 19.1 Å². The third-order valence-electron chi connectivity index (χ3n) is 6.32. The molecule has 2 heterocycles. The zero-order valence-electron chi connectivity index (χ0n) is 20.4. The number of ether oxygens (including phenoxy) is 2. The summed E-state index contributed by atoms with van der Waals surface area (Å²) in [7, 11) is 1.50. The topological polar surface area (TPSA) is 59.1 Å². The maximum Gasteiger partial charge on any atom is 0.249 e. The molecule has 2 atom stereocenters. The molecule has 2 aromatic rings. The van der Waals surface area contributed by atoms with Gasteiger partial charge >= 0.3 is 0 Å². The quantitative estimate of drug-likeness (QED) is 0.515. The van der Waals surface area contributed by atoms with E-state index in [1.165, 1.54) is 17.6 Å². The summed E-state index contributed by atoms with van der Waals surface area (Å²) in [6, 6.07) is 8.06. The van der Waals surface area contributed by atoms with Crippen LogP contribution in [-0.4, -0.2) is 61.6 Å². The molecule has 0 radical (unpaired) electrons. The van der Waals surface area contributed by atoms with Gasteiger partial charge in [-0.15, -0.1) is 11.3 Å². The van der Waals surface area contributed by atoms with Crippen molar-refractivity contribution in [3.8, 4) is 5.75 Å². The molecule has 2 amide bonds. The Labute approximate surface area is 201 Å². The predicted octanol–water partition coefficient (Wildman–Crippen LogP) is 4.39. The average Bonchev–Trinajstić information content (AvgIpc) is 3.27. The summed E-state index contributed by atoms with van der Waals surface area (Å²) >= 11 is 1.73. The summed E-state index contributed by atoms with van der Waals surface area (Å²) in [6.45, 7) is 9.89. The summed E-state index contributed by atoms with van der Waals surface area (Å²) in [6.07, 6.45) is 1.77. The van der Waals surface area contributed by atoms with E-state index in [-0.39, 0.29) is 31.0 Å². The minimum absolute atomic E-state index is 0.0162. The molecule has 0 saturated carbocycles. The summed E-state index contributed by atoms with van der Waals surface area (Å²) in [5.74, 6) is 0.951. The highest BCUT2D eigenvalue weighted by Gasteiger charge is 2.33. The molecular formula is C26H36N2O4S. The third-order valence-corrected chi connectivity index (χ3v) is 7.31. The molecule has 180 valence electrons. The Kier molecular flexibility index (Phi) is 8.92. The molecule has 6 nitrogen and oxygen atoms in total. The van der Waals surface area contributed by atoms with Crippen molar-refractivity contribution in [2.45, 2.75) is 46.6 Å². The van der Waals surface area contributed by atoms with E-state index in [1.54, 1.807) is 16.2 Å². The van der Waals surface area contributed by atoms with E-state index in [4.69, 9.17) is 9.47 Å². The summed E-state index contributed by atoms with van der Waals surface area (Å²) in [4.78, 5) is 31.0. The van der Waals surface area contributed by atoms with Crippen molar-refractivity contribution in [2.24, 2.45) is 5.92 Å². The Morgan fingerprint density at radius 1 is 1.27 bits per heavy atom. The Bertz CT molecular complexity index is 958. The molecule has 3 rings (SSSR count). The number of nitrogens with zero attached hydrogens (tertiary/aromatic N) is 2. The molecule has 1 aromatic heterocycles. The van der Waals surface area contributed by atoms with Gasteiger partial charge in [0.05, 0.1) is 12.6 Å². The minimum Gasteiger partial charge on any atom is -0.491 e.